The van der Waals surface area contributed by atoms with Crippen molar-refractivity contribution in [2.45, 2.75) is 51.6 Å². The van der Waals surface area contributed by atoms with Gasteiger partial charge in [0, 0.05) is 31.0 Å². The van der Waals surface area contributed by atoms with Crippen molar-refractivity contribution in [3.05, 3.63) is 36.0 Å². The molecule has 0 spiro atoms. The van der Waals surface area contributed by atoms with E-state index in [0.29, 0.717) is 30.9 Å². The number of aromatic nitrogens is 5. The van der Waals surface area contributed by atoms with Crippen LogP contribution in [0.15, 0.2) is 24.7 Å². The van der Waals surface area contributed by atoms with Crippen LogP contribution in [0.3, 0.4) is 0 Å². The van der Waals surface area contributed by atoms with Crippen LogP contribution in [0.2, 0.25) is 0 Å². The van der Waals surface area contributed by atoms with Crippen LogP contribution in [-0.2, 0) is 6.54 Å². The normalized spacial score (nSPS) is 14.6. The highest BCUT2D eigenvalue weighted by Gasteiger charge is 2.16. The van der Waals surface area contributed by atoms with Crippen LogP contribution < -0.4 is 10.6 Å². The first-order valence-electron chi connectivity index (χ1n) is 11.0. The second-order valence-electron chi connectivity index (χ2n) is 8.21. The van der Waals surface area contributed by atoms with Crippen molar-refractivity contribution in [2.24, 2.45) is 0 Å². The van der Waals surface area contributed by atoms with Crippen molar-refractivity contribution in [3.63, 3.8) is 0 Å². The number of nitrogens with one attached hydrogen (secondary N) is 2. The molecule has 1 aliphatic carbocycles. The zero-order valence-electron chi connectivity index (χ0n) is 18.6. The van der Waals surface area contributed by atoms with E-state index in [-0.39, 0.29) is 6.61 Å². The van der Waals surface area contributed by atoms with Gasteiger partial charge in [-0.1, -0.05) is 30.6 Å². The van der Waals surface area contributed by atoms with Crippen LogP contribution in [0.1, 0.15) is 43.5 Å². The van der Waals surface area contributed by atoms with Crippen LogP contribution in [-0.4, -0.2) is 61.2 Å². The number of rotatable bonds is 9. The zero-order chi connectivity index (χ0) is 22.3. The number of hydrogen-bond donors (Lipinski definition) is 3. The van der Waals surface area contributed by atoms with Gasteiger partial charge in [0.1, 0.15) is 0 Å². The SMILES string of the molecule is Cc1cc(-c2cnc(Nc3cnc(CN(C)CCO)cn3)s2)nc(NC2CCCCC2)n1. The Labute approximate surface area is 192 Å². The minimum Gasteiger partial charge on any atom is -0.395 e. The highest BCUT2D eigenvalue weighted by atomic mass is 32.1. The van der Waals surface area contributed by atoms with Crippen LogP contribution >= 0.6 is 11.3 Å². The number of nitrogens with zero attached hydrogens (tertiary/aromatic N) is 6. The van der Waals surface area contributed by atoms with Gasteiger partial charge in [-0.2, -0.15) is 0 Å². The molecule has 1 saturated carbocycles. The summed E-state index contributed by atoms with van der Waals surface area (Å²) >= 11 is 1.52. The Morgan fingerprint density at radius 2 is 1.94 bits per heavy atom. The third-order valence-electron chi connectivity index (χ3n) is 5.40. The second kappa shape index (κ2) is 10.8. The van der Waals surface area contributed by atoms with Crippen molar-refractivity contribution >= 4 is 28.2 Å². The molecule has 170 valence electrons. The molecule has 10 heteroatoms. The predicted molar refractivity (Wildman–Crippen MR) is 127 cm³/mol. The Balaban J connectivity index is 1.41. The molecule has 32 heavy (non-hydrogen) atoms. The summed E-state index contributed by atoms with van der Waals surface area (Å²) in [7, 11) is 1.94. The summed E-state index contributed by atoms with van der Waals surface area (Å²) in [4.78, 5) is 25.6. The summed E-state index contributed by atoms with van der Waals surface area (Å²) in [6.45, 7) is 3.36. The number of likely N-dealkylation sites (N-methyl/N-ethyl adjacent to an activating group) is 1. The van der Waals surface area contributed by atoms with Gasteiger partial charge in [-0.15, -0.1) is 0 Å². The molecular formula is C22H30N8OS. The van der Waals surface area contributed by atoms with E-state index in [9.17, 15) is 0 Å². The van der Waals surface area contributed by atoms with Gasteiger partial charge in [0.2, 0.25) is 5.95 Å². The molecule has 0 atom stereocenters. The number of anilines is 3. The summed E-state index contributed by atoms with van der Waals surface area (Å²) in [6, 6.07) is 2.45. The average Bonchev–Trinajstić information content (AvgIpc) is 3.24. The van der Waals surface area contributed by atoms with E-state index < -0.39 is 0 Å². The molecule has 0 unspecified atom stereocenters. The first-order chi connectivity index (χ1) is 15.6. The van der Waals surface area contributed by atoms with Crippen molar-refractivity contribution in [1.82, 2.24) is 29.8 Å². The number of aryl methyl sites for hydroxylation is 1. The van der Waals surface area contributed by atoms with Gasteiger partial charge < -0.3 is 15.7 Å². The van der Waals surface area contributed by atoms with E-state index in [1.165, 1.54) is 43.4 Å². The fraction of sp³-hybridized carbons (Fsp3) is 0.500. The van der Waals surface area contributed by atoms with Crippen LogP contribution in [0.4, 0.5) is 16.9 Å². The second-order valence-corrected chi connectivity index (χ2v) is 9.24. The maximum atomic E-state index is 9.01. The first-order valence-corrected chi connectivity index (χ1v) is 11.9. The largest absolute Gasteiger partial charge is 0.395 e. The lowest BCUT2D eigenvalue weighted by atomic mass is 9.96. The Morgan fingerprint density at radius 1 is 1.09 bits per heavy atom. The van der Waals surface area contributed by atoms with Gasteiger partial charge in [0.15, 0.2) is 10.9 Å². The maximum absolute atomic E-state index is 9.01. The standard InChI is InChI=1S/C22H30N8OS/c1-15-10-18(28-21(26-15)27-16-6-4-3-5-7-16)19-12-25-22(32-19)29-20-13-23-17(11-24-20)14-30(2)8-9-31/h10-13,16,31H,3-9,14H2,1-2H3,(H,24,25,29)(H,26,27,28). The molecule has 0 amide bonds. The first kappa shape index (κ1) is 22.5. The topological polar surface area (TPSA) is 112 Å². The Bertz CT molecular complexity index is 1000. The van der Waals surface area contributed by atoms with Gasteiger partial charge in [-0.05, 0) is 32.9 Å². The Morgan fingerprint density at radius 3 is 2.69 bits per heavy atom. The van der Waals surface area contributed by atoms with Crippen LogP contribution in [0.25, 0.3) is 10.6 Å². The van der Waals surface area contributed by atoms with Gasteiger partial charge in [-0.3, -0.25) is 9.88 Å². The summed E-state index contributed by atoms with van der Waals surface area (Å²) in [6.07, 6.45) is 11.5. The third-order valence-corrected chi connectivity index (χ3v) is 6.34. The Hall–Kier alpha value is -2.69. The summed E-state index contributed by atoms with van der Waals surface area (Å²) in [5.74, 6) is 1.33. The fourth-order valence-electron chi connectivity index (χ4n) is 3.78. The van der Waals surface area contributed by atoms with Gasteiger partial charge in [0.25, 0.3) is 0 Å². The third kappa shape index (κ3) is 6.18. The van der Waals surface area contributed by atoms with E-state index in [4.69, 9.17) is 10.1 Å². The monoisotopic (exact) mass is 454 g/mol. The predicted octanol–water partition coefficient (Wildman–Crippen LogP) is 3.61. The fourth-order valence-corrected chi connectivity index (χ4v) is 4.56. The highest BCUT2D eigenvalue weighted by molar-refractivity contribution is 7.18. The number of aliphatic hydroxyl groups excluding tert-OH is 1. The molecule has 1 fully saturated rings. The molecule has 0 bridgehead atoms. The lowest BCUT2D eigenvalue weighted by molar-refractivity contribution is 0.216. The van der Waals surface area contributed by atoms with Gasteiger partial charge in [0.05, 0.1) is 35.3 Å². The summed E-state index contributed by atoms with van der Waals surface area (Å²) < 4.78 is 0. The van der Waals surface area contributed by atoms with Crippen LogP contribution in [0.5, 0.6) is 0 Å². The Kier molecular flexibility index (Phi) is 7.56. The van der Waals surface area contributed by atoms with Crippen LogP contribution in [0, 0.1) is 6.92 Å². The summed E-state index contributed by atoms with van der Waals surface area (Å²) in [5, 5.41) is 16.5. The average molecular weight is 455 g/mol. The van der Waals surface area contributed by atoms with Crippen molar-refractivity contribution in [2.75, 3.05) is 30.8 Å². The molecule has 3 aromatic heterocycles. The van der Waals surface area contributed by atoms with E-state index in [0.717, 1.165) is 27.1 Å². The maximum Gasteiger partial charge on any atom is 0.223 e. The molecule has 9 nitrogen and oxygen atoms in total. The molecule has 3 N–H and O–H groups in total. The van der Waals surface area contributed by atoms with E-state index in [1.54, 1.807) is 12.4 Å². The minimum absolute atomic E-state index is 0.125. The highest BCUT2D eigenvalue weighted by Crippen LogP contribution is 2.30. The lowest BCUT2D eigenvalue weighted by Gasteiger charge is -2.22. The molecule has 4 rings (SSSR count). The molecule has 3 aromatic rings. The molecule has 1 aliphatic rings. The lowest BCUT2D eigenvalue weighted by Crippen LogP contribution is -2.23. The van der Waals surface area contributed by atoms with E-state index >= 15 is 0 Å². The molecule has 0 aromatic carbocycles. The summed E-state index contributed by atoms with van der Waals surface area (Å²) in [5.41, 5.74) is 2.65. The molecule has 3 heterocycles. The number of thiazole rings is 1. The quantitative estimate of drug-likeness (QED) is 0.446. The zero-order valence-corrected chi connectivity index (χ0v) is 19.4. The van der Waals surface area contributed by atoms with Gasteiger partial charge in [-0.25, -0.2) is 19.9 Å². The van der Waals surface area contributed by atoms with Crippen molar-refractivity contribution < 1.29 is 5.11 Å². The smallest absolute Gasteiger partial charge is 0.223 e. The van der Waals surface area contributed by atoms with E-state index in [2.05, 4.69) is 30.6 Å². The van der Waals surface area contributed by atoms with Gasteiger partial charge >= 0.3 is 0 Å². The minimum atomic E-state index is 0.125. The van der Waals surface area contributed by atoms with E-state index in [1.807, 2.05) is 31.1 Å². The molecule has 0 radical (unpaired) electrons. The van der Waals surface area contributed by atoms with Crippen molar-refractivity contribution in [3.8, 4) is 10.6 Å². The van der Waals surface area contributed by atoms with Crippen molar-refractivity contribution in [1.29, 1.82) is 0 Å². The molecular weight excluding hydrogens is 424 g/mol. The number of aliphatic hydroxyl groups is 1. The number of hydrogen-bond acceptors (Lipinski definition) is 10. The molecule has 0 aliphatic heterocycles. The molecule has 0 saturated heterocycles.